The van der Waals surface area contributed by atoms with E-state index < -0.39 is 17.4 Å². The van der Waals surface area contributed by atoms with Crippen molar-refractivity contribution in [1.82, 2.24) is 10.3 Å². The van der Waals surface area contributed by atoms with Crippen molar-refractivity contribution >= 4 is 23.5 Å². The van der Waals surface area contributed by atoms with Crippen LogP contribution in [-0.2, 0) is 4.79 Å². The quantitative estimate of drug-likeness (QED) is 0.840. The van der Waals surface area contributed by atoms with Gasteiger partial charge in [0.2, 0.25) is 0 Å². The molecule has 2 N–H and O–H groups in total. The second kappa shape index (κ2) is 5.79. The monoisotopic (exact) mass is 296 g/mol. The van der Waals surface area contributed by atoms with Crippen molar-refractivity contribution in [3.63, 3.8) is 0 Å². The molecule has 1 aliphatic rings. The number of carbonyl (C=O) groups excluding carboxylic acids is 1. The number of hydrogen-bond donors (Lipinski definition) is 2. The number of aromatic nitrogens is 1. The molecule has 1 heterocycles. The number of carboxylic acid groups (broad SMARTS) is 1. The van der Waals surface area contributed by atoms with E-state index in [1.807, 2.05) is 6.92 Å². The van der Waals surface area contributed by atoms with Gasteiger partial charge in [-0.2, -0.15) is 0 Å². The fourth-order valence-electron chi connectivity index (χ4n) is 2.69. The van der Waals surface area contributed by atoms with Crippen LogP contribution in [0.15, 0.2) is 18.3 Å². The van der Waals surface area contributed by atoms with Crippen LogP contribution in [0.4, 0.5) is 0 Å². The van der Waals surface area contributed by atoms with E-state index in [4.69, 9.17) is 11.6 Å². The smallest absolute Gasteiger partial charge is 0.329 e. The molecule has 1 aromatic heterocycles. The highest BCUT2D eigenvalue weighted by molar-refractivity contribution is 6.29. The molecule has 1 fully saturated rings. The van der Waals surface area contributed by atoms with Crippen LogP contribution in [0.1, 0.15) is 43.0 Å². The van der Waals surface area contributed by atoms with Crippen LogP contribution in [-0.4, -0.2) is 27.5 Å². The summed E-state index contributed by atoms with van der Waals surface area (Å²) in [6.07, 6.45) is 4.40. The Hall–Kier alpha value is -1.62. The highest BCUT2D eigenvalue weighted by Crippen LogP contribution is 2.34. The number of nitrogens with one attached hydrogen (secondary N) is 1. The van der Waals surface area contributed by atoms with Gasteiger partial charge in [-0.1, -0.05) is 31.4 Å². The third-order valence-corrected chi connectivity index (χ3v) is 4.23. The van der Waals surface area contributed by atoms with Crippen molar-refractivity contribution in [1.29, 1.82) is 0 Å². The Bertz CT molecular complexity index is 518. The number of nitrogens with zero attached hydrogens (tertiary/aromatic N) is 1. The molecule has 1 aromatic rings. The van der Waals surface area contributed by atoms with Gasteiger partial charge in [0.25, 0.3) is 5.91 Å². The lowest BCUT2D eigenvalue weighted by Gasteiger charge is -2.39. The van der Waals surface area contributed by atoms with E-state index in [0.29, 0.717) is 17.1 Å². The first-order valence-corrected chi connectivity index (χ1v) is 7.01. The molecular weight excluding hydrogens is 280 g/mol. The highest BCUT2D eigenvalue weighted by atomic mass is 35.5. The van der Waals surface area contributed by atoms with Crippen molar-refractivity contribution in [3.05, 3.63) is 29.0 Å². The van der Waals surface area contributed by atoms with Crippen LogP contribution in [0.5, 0.6) is 0 Å². The van der Waals surface area contributed by atoms with Crippen LogP contribution >= 0.6 is 11.6 Å². The van der Waals surface area contributed by atoms with Gasteiger partial charge in [0.1, 0.15) is 10.7 Å². The maximum Gasteiger partial charge on any atom is 0.329 e. The number of aliphatic carboxylic acids is 1. The van der Waals surface area contributed by atoms with Gasteiger partial charge in [-0.15, -0.1) is 0 Å². The van der Waals surface area contributed by atoms with E-state index in [2.05, 4.69) is 10.3 Å². The molecule has 0 bridgehead atoms. The van der Waals surface area contributed by atoms with Crippen molar-refractivity contribution in [3.8, 4) is 0 Å². The zero-order valence-corrected chi connectivity index (χ0v) is 12.0. The van der Waals surface area contributed by atoms with Gasteiger partial charge in [-0.3, -0.25) is 4.79 Å². The lowest BCUT2D eigenvalue weighted by Crippen LogP contribution is -2.60. The first kappa shape index (κ1) is 14.8. The molecule has 108 valence electrons. The van der Waals surface area contributed by atoms with Gasteiger partial charge < -0.3 is 10.4 Å². The van der Waals surface area contributed by atoms with Gasteiger partial charge >= 0.3 is 5.97 Å². The summed E-state index contributed by atoms with van der Waals surface area (Å²) in [5.74, 6) is -1.50. The number of carbonyl (C=O) groups is 2. The number of pyridine rings is 1. The zero-order chi connectivity index (χ0) is 14.8. The number of hydrogen-bond acceptors (Lipinski definition) is 3. The van der Waals surface area contributed by atoms with Crippen molar-refractivity contribution in [2.24, 2.45) is 5.92 Å². The predicted octanol–water partition coefficient (Wildman–Crippen LogP) is 2.50. The summed E-state index contributed by atoms with van der Waals surface area (Å²) < 4.78 is 0. The fourth-order valence-corrected chi connectivity index (χ4v) is 2.80. The first-order valence-electron chi connectivity index (χ1n) is 6.63. The Morgan fingerprint density at radius 1 is 1.45 bits per heavy atom. The van der Waals surface area contributed by atoms with Crippen molar-refractivity contribution in [2.45, 2.75) is 38.1 Å². The summed E-state index contributed by atoms with van der Waals surface area (Å²) in [6, 6.07) is 3.04. The van der Waals surface area contributed by atoms with Crippen LogP contribution in [0.2, 0.25) is 5.15 Å². The number of rotatable bonds is 3. The minimum atomic E-state index is -1.19. The van der Waals surface area contributed by atoms with Gasteiger partial charge in [-0.25, -0.2) is 9.78 Å². The van der Waals surface area contributed by atoms with E-state index in [9.17, 15) is 14.7 Å². The average molecular weight is 297 g/mol. The van der Waals surface area contributed by atoms with E-state index in [-0.39, 0.29) is 5.92 Å². The Labute approximate surface area is 122 Å². The lowest BCUT2D eigenvalue weighted by molar-refractivity contribution is -0.148. The second-order valence-corrected chi connectivity index (χ2v) is 5.63. The summed E-state index contributed by atoms with van der Waals surface area (Å²) in [5, 5.41) is 12.5. The molecule has 1 aliphatic carbocycles. The third-order valence-electron chi connectivity index (χ3n) is 4.01. The first-order chi connectivity index (χ1) is 9.45. The maximum absolute atomic E-state index is 12.2. The number of amides is 1. The zero-order valence-electron chi connectivity index (χ0n) is 11.2. The molecule has 2 atom stereocenters. The Kier molecular flexibility index (Phi) is 4.28. The SMILES string of the molecule is CC1CCCCC1(NC(=O)c1ccc(Cl)nc1)C(=O)O. The van der Waals surface area contributed by atoms with Gasteiger partial charge in [0.05, 0.1) is 5.56 Å². The Balaban J connectivity index is 2.22. The van der Waals surface area contributed by atoms with Crippen LogP contribution in [0.25, 0.3) is 0 Å². The largest absolute Gasteiger partial charge is 0.479 e. The fraction of sp³-hybridized carbons (Fsp3) is 0.500. The number of halogens is 1. The minimum Gasteiger partial charge on any atom is -0.479 e. The van der Waals surface area contributed by atoms with Crippen molar-refractivity contribution < 1.29 is 14.7 Å². The maximum atomic E-state index is 12.2. The molecule has 20 heavy (non-hydrogen) atoms. The molecule has 6 heteroatoms. The summed E-state index contributed by atoms with van der Waals surface area (Å²) in [6.45, 7) is 1.87. The van der Waals surface area contributed by atoms with E-state index >= 15 is 0 Å². The van der Waals surface area contributed by atoms with Gasteiger partial charge in [0, 0.05) is 6.20 Å². The topological polar surface area (TPSA) is 79.3 Å². The molecule has 0 spiro atoms. The average Bonchev–Trinajstić information content (AvgIpc) is 2.42. The van der Waals surface area contributed by atoms with E-state index in [1.165, 1.54) is 18.3 Å². The Morgan fingerprint density at radius 3 is 2.75 bits per heavy atom. The molecule has 1 saturated carbocycles. The van der Waals surface area contributed by atoms with Gasteiger partial charge in [0.15, 0.2) is 0 Å². The van der Waals surface area contributed by atoms with E-state index in [0.717, 1.165) is 19.3 Å². The van der Waals surface area contributed by atoms with Crippen molar-refractivity contribution in [2.75, 3.05) is 0 Å². The molecular formula is C14H17ClN2O3. The summed E-state index contributed by atoms with van der Waals surface area (Å²) >= 11 is 5.67. The molecule has 5 nitrogen and oxygen atoms in total. The summed E-state index contributed by atoms with van der Waals surface area (Å²) in [4.78, 5) is 27.7. The second-order valence-electron chi connectivity index (χ2n) is 5.25. The molecule has 1 amide bonds. The molecule has 0 saturated heterocycles. The lowest BCUT2D eigenvalue weighted by atomic mass is 9.73. The Morgan fingerprint density at radius 2 is 2.20 bits per heavy atom. The van der Waals surface area contributed by atoms with Crippen LogP contribution < -0.4 is 5.32 Å². The molecule has 0 aliphatic heterocycles. The standard InChI is InChI=1S/C14H17ClN2O3/c1-9-4-2-3-7-14(9,13(19)20)17-12(18)10-5-6-11(15)16-8-10/h5-6,8-9H,2-4,7H2,1H3,(H,17,18)(H,19,20). The number of carboxylic acids is 1. The summed E-state index contributed by atoms with van der Waals surface area (Å²) in [7, 11) is 0. The minimum absolute atomic E-state index is 0.0991. The molecule has 0 aromatic carbocycles. The predicted molar refractivity (Wildman–Crippen MR) is 74.7 cm³/mol. The summed E-state index contributed by atoms with van der Waals surface area (Å²) in [5.41, 5.74) is -0.873. The van der Waals surface area contributed by atoms with Gasteiger partial charge in [-0.05, 0) is 30.9 Å². The molecule has 2 rings (SSSR count). The van der Waals surface area contributed by atoms with Crippen LogP contribution in [0, 0.1) is 5.92 Å². The molecule has 0 radical (unpaired) electrons. The molecule has 2 unspecified atom stereocenters. The highest BCUT2D eigenvalue weighted by Gasteiger charge is 2.46. The normalized spacial score (nSPS) is 26.0. The van der Waals surface area contributed by atoms with Crippen LogP contribution in [0.3, 0.4) is 0 Å². The van der Waals surface area contributed by atoms with E-state index in [1.54, 1.807) is 0 Å². The third kappa shape index (κ3) is 2.77.